The van der Waals surface area contributed by atoms with Gasteiger partial charge in [0, 0.05) is 29.4 Å². The van der Waals surface area contributed by atoms with Crippen molar-refractivity contribution in [3.8, 4) is 0 Å². The third-order valence-corrected chi connectivity index (χ3v) is 4.60. The van der Waals surface area contributed by atoms with E-state index >= 15 is 0 Å². The van der Waals surface area contributed by atoms with Crippen molar-refractivity contribution >= 4 is 11.8 Å². The van der Waals surface area contributed by atoms with Gasteiger partial charge in [0.2, 0.25) is 0 Å². The number of hydrogen-bond donors (Lipinski definition) is 1. The molecule has 1 aliphatic rings. The fraction of sp³-hybridized carbons (Fsp3) is 0.583. The molecule has 3 heteroatoms. The zero-order chi connectivity index (χ0) is 10.5. The minimum atomic E-state index is 0.455. The van der Waals surface area contributed by atoms with Gasteiger partial charge in [0.15, 0.2) is 0 Å². The summed E-state index contributed by atoms with van der Waals surface area (Å²) in [6.07, 6.45) is 9.23. The second-order valence-corrected chi connectivity index (χ2v) is 5.56. The summed E-state index contributed by atoms with van der Waals surface area (Å²) in [4.78, 5) is 4.04. The number of pyridine rings is 1. The lowest BCUT2D eigenvalue weighted by molar-refractivity contribution is 0.872. The average Bonchev–Trinajstić information content (AvgIpc) is 2.80. The van der Waals surface area contributed by atoms with Gasteiger partial charge in [-0.2, -0.15) is 0 Å². The van der Waals surface area contributed by atoms with Crippen LogP contribution >= 0.6 is 11.8 Å². The van der Waals surface area contributed by atoms with Gasteiger partial charge in [-0.05, 0) is 30.5 Å². The summed E-state index contributed by atoms with van der Waals surface area (Å²) in [5, 5.41) is 1.28. The smallest absolute Gasteiger partial charge is 0.0423 e. The quantitative estimate of drug-likeness (QED) is 0.851. The summed E-state index contributed by atoms with van der Waals surface area (Å²) in [6.45, 7) is 0.727. The summed E-state index contributed by atoms with van der Waals surface area (Å²) in [7, 11) is 0. The van der Waals surface area contributed by atoms with Crippen LogP contribution in [0.25, 0.3) is 0 Å². The van der Waals surface area contributed by atoms with E-state index in [-0.39, 0.29) is 0 Å². The predicted molar refractivity (Wildman–Crippen MR) is 65.9 cm³/mol. The molecule has 1 heterocycles. The number of nitrogens with zero attached hydrogens (tertiary/aromatic N) is 1. The van der Waals surface area contributed by atoms with E-state index in [1.165, 1.54) is 31.2 Å². The molecule has 0 radical (unpaired) electrons. The van der Waals surface area contributed by atoms with Gasteiger partial charge in [0.1, 0.15) is 0 Å². The van der Waals surface area contributed by atoms with Gasteiger partial charge in [-0.3, -0.25) is 4.98 Å². The van der Waals surface area contributed by atoms with Crippen molar-refractivity contribution in [1.82, 2.24) is 4.98 Å². The van der Waals surface area contributed by atoms with E-state index in [1.54, 1.807) is 0 Å². The van der Waals surface area contributed by atoms with Crippen molar-refractivity contribution in [2.24, 2.45) is 5.73 Å². The average molecular weight is 222 g/mol. The molecule has 0 bridgehead atoms. The van der Waals surface area contributed by atoms with E-state index in [0.717, 1.165) is 11.8 Å². The van der Waals surface area contributed by atoms with Crippen LogP contribution in [-0.4, -0.2) is 16.8 Å². The van der Waals surface area contributed by atoms with Gasteiger partial charge < -0.3 is 5.73 Å². The monoisotopic (exact) mass is 222 g/mol. The lowest BCUT2D eigenvalue weighted by Crippen LogP contribution is -2.12. The van der Waals surface area contributed by atoms with Crippen molar-refractivity contribution in [3.05, 3.63) is 30.1 Å². The van der Waals surface area contributed by atoms with E-state index in [9.17, 15) is 0 Å². The Morgan fingerprint density at radius 3 is 2.60 bits per heavy atom. The molecule has 1 aromatic rings. The first-order valence-corrected chi connectivity index (χ1v) is 6.60. The summed E-state index contributed by atoms with van der Waals surface area (Å²) < 4.78 is 0. The Morgan fingerprint density at radius 1 is 1.33 bits per heavy atom. The minimum absolute atomic E-state index is 0.455. The lowest BCUT2D eigenvalue weighted by Gasteiger charge is -2.18. The molecule has 15 heavy (non-hydrogen) atoms. The van der Waals surface area contributed by atoms with Crippen molar-refractivity contribution < 1.29 is 0 Å². The van der Waals surface area contributed by atoms with E-state index in [2.05, 4.69) is 28.9 Å². The van der Waals surface area contributed by atoms with Crippen molar-refractivity contribution in [2.75, 3.05) is 6.54 Å². The van der Waals surface area contributed by atoms with Gasteiger partial charge in [-0.25, -0.2) is 0 Å². The molecule has 1 aliphatic carbocycles. The van der Waals surface area contributed by atoms with Crippen LogP contribution in [0.15, 0.2) is 24.5 Å². The van der Waals surface area contributed by atoms with Crippen LogP contribution in [0, 0.1) is 0 Å². The second-order valence-electron chi connectivity index (χ2n) is 4.05. The van der Waals surface area contributed by atoms with Crippen LogP contribution in [0.4, 0.5) is 0 Å². The maximum Gasteiger partial charge on any atom is 0.0423 e. The molecular weight excluding hydrogens is 204 g/mol. The number of nitrogens with two attached hydrogens (primary N) is 1. The zero-order valence-corrected chi connectivity index (χ0v) is 9.75. The van der Waals surface area contributed by atoms with E-state index in [4.69, 9.17) is 5.73 Å². The molecule has 1 atom stereocenters. The van der Waals surface area contributed by atoms with Crippen molar-refractivity contribution in [2.45, 2.75) is 36.2 Å². The molecule has 2 N–H and O–H groups in total. The van der Waals surface area contributed by atoms with E-state index in [0.29, 0.717) is 5.25 Å². The molecule has 0 amide bonds. The summed E-state index contributed by atoms with van der Waals surface area (Å²) in [5.41, 5.74) is 7.17. The molecule has 0 aliphatic heterocycles. The summed E-state index contributed by atoms with van der Waals surface area (Å²) >= 11 is 2.05. The Bertz CT molecular complexity index is 283. The maximum atomic E-state index is 5.84. The predicted octanol–water partition coefficient (Wildman–Crippen LogP) is 2.76. The standard InChI is InChI=1S/C12H18N2S/c13-9-12(10-5-7-14-8-6-10)15-11-3-1-2-4-11/h5-8,11-12H,1-4,9,13H2. The molecule has 1 unspecified atom stereocenters. The Kier molecular flexibility index (Phi) is 4.03. The minimum Gasteiger partial charge on any atom is -0.329 e. The first-order valence-electron chi connectivity index (χ1n) is 5.65. The fourth-order valence-electron chi connectivity index (χ4n) is 2.11. The number of aromatic nitrogens is 1. The second kappa shape index (κ2) is 5.52. The maximum absolute atomic E-state index is 5.84. The summed E-state index contributed by atoms with van der Waals surface area (Å²) in [6, 6.07) is 4.17. The highest BCUT2D eigenvalue weighted by atomic mass is 32.2. The zero-order valence-electron chi connectivity index (χ0n) is 8.93. The molecule has 1 saturated carbocycles. The van der Waals surface area contributed by atoms with Gasteiger partial charge in [0.05, 0.1) is 0 Å². The van der Waals surface area contributed by atoms with Crippen LogP contribution in [0.1, 0.15) is 36.5 Å². The molecule has 2 nitrogen and oxygen atoms in total. The number of hydrogen-bond acceptors (Lipinski definition) is 3. The van der Waals surface area contributed by atoms with Crippen LogP contribution in [0.5, 0.6) is 0 Å². The molecule has 1 fully saturated rings. The molecule has 0 saturated heterocycles. The summed E-state index contributed by atoms with van der Waals surface area (Å²) in [5.74, 6) is 0. The molecule has 82 valence electrons. The van der Waals surface area contributed by atoms with Crippen molar-refractivity contribution in [1.29, 1.82) is 0 Å². The van der Waals surface area contributed by atoms with Gasteiger partial charge in [-0.15, -0.1) is 11.8 Å². The third kappa shape index (κ3) is 2.95. The fourth-order valence-corrected chi connectivity index (χ4v) is 3.60. The lowest BCUT2D eigenvalue weighted by atomic mass is 10.2. The first-order chi connectivity index (χ1) is 7.40. The highest BCUT2D eigenvalue weighted by molar-refractivity contribution is 8.00. The van der Waals surface area contributed by atoms with E-state index in [1.807, 2.05) is 12.4 Å². The van der Waals surface area contributed by atoms with E-state index < -0.39 is 0 Å². The Labute approximate surface area is 95.7 Å². The van der Waals surface area contributed by atoms with Crippen LogP contribution in [-0.2, 0) is 0 Å². The van der Waals surface area contributed by atoms with Crippen molar-refractivity contribution in [3.63, 3.8) is 0 Å². The molecule has 1 aromatic heterocycles. The highest BCUT2D eigenvalue weighted by Gasteiger charge is 2.20. The normalized spacial score (nSPS) is 19.3. The highest BCUT2D eigenvalue weighted by Crippen LogP contribution is 2.38. The Balaban J connectivity index is 1.97. The first kappa shape index (κ1) is 11.0. The van der Waals surface area contributed by atoms with Crippen LogP contribution in [0.2, 0.25) is 0 Å². The van der Waals surface area contributed by atoms with Gasteiger partial charge >= 0.3 is 0 Å². The molecule has 0 spiro atoms. The molecule has 0 aromatic carbocycles. The topological polar surface area (TPSA) is 38.9 Å². The molecule has 2 rings (SSSR count). The SMILES string of the molecule is NCC(SC1CCCC1)c1ccncc1. The van der Waals surface area contributed by atoms with Crippen LogP contribution in [0.3, 0.4) is 0 Å². The van der Waals surface area contributed by atoms with Gasteiger partial charge in [0.25, 0.3) is 0 Å². The van der Waals surface area contributed by atoms with Gasteiger partial charge in [-0.1, -0.05) is 12.8 Å². The number of thioether (sulfide) groups is 1. The van der Waals surface area contributed by atoms with Crippen LogP contribution < -0.4 is 5.73 Å². The third-order valence-electron chi connectivity index (χ3n) is 2.95. The molecular formula is C12H18N2S. The largest absolute Gasteiger partial charge is 0.329 e. The Hall–Kier alpha value is -0.540. The Morgan fingerprint density at radius 2 is 2.00 bits per heavy atom. The number of rotatable bonds is 4.